The largest absolute Gasteiger partial charge is 0.334 e. The molecule has 0 bridgehead atoms. The predicted octanol–water partition coefficient (Wildman–Crippen LogP) is 1.33. The number of carbonyl (C=O) groups is 2. The third-order valence-corrected chi connectivity index (χ3v) is 10.5. The molecule has 2 aliphatic carbocycles. The summed E-state index contributed by atoms with van der Waals surface area (Å²) in [5.74, 6) is 1.93. The molecule has 2 N–H and O–H groups in total. The number of nitrogens with one attached hydrogen (secondary N) is 2. The quantitative estimate of drug-likeness (QED) is 0.598. The number of carbonyl (C=O) groups excluding carboxylic acids is 2. The molecule has 2 amide bonds. The van der Waals surface area contributed by atoms with Crippen LogP contribution in [0.2, 0.25) is 0 Å². The molecule has 176 valence electrons. The zero-order valence-electron chi connectivity index (χ0n) is 18.7. The van der Waals surface area contributed by atoms with E-state index in [1.165, 1.54) is 18.2 Å². The van der Waals surface area contributed by atoms with Gasteiger partial charge in [-0.3, -0.25) is 9.59 Å². The van der Waals surface area contributed by atoms with Crippen molar-refractivity contribution in [2.45, 2.75) is 88.2 Å². The van der Waals surface area contributed by atoms with E-state index in [4.69, 9.17) is 0 Å². The first kappa shape index (κ1) is 23.3. The average Bonchev–Trinajstić information content (AvgIpc) is 3.26. The highest BCUT2D eigenvalue weighted by Gasteiger charge is 2.48. The minimum atomic E-state index is -2.96. The van der Waals surface area contributed by atoms with Gasteiger partial charge in [-0.1, -0.05) is 11.9 Å². The molecule has 2 saturated carbocycles. The second kappa shape index (κ2) is 9.19. The van der Waals surface area contributed by atoms with Crippen molar-refractivity contribution in [3.63, 3.8) is 0 Å². The van der Waals surface area contributed by atoms with Gasteiger partial charge in [-0.25, -0.2) is 18.7 Å². The highest BCUT2D eigenvalue weighted by Crippen LogP contribution is 2.43. The van der Waals surface area contributed by atoms with Crippen LogP contribution in [-0.4, -0.2) is 78.0 Å². The van der Waals surface area contributed by atoms with Gasteiger partial charge in [0, 0.05) is 31.5 Å². The molecule has 2 heterocycles. The molecule has 0 spiro atoms. The average molecular weight is 473 g/mol. The van der Waals surface area contributed by atoms with E-state index < -0.39 is 9.84 Å². The molecule has 4 rings (SSSR count). The van der Waals surface area contributed by atoms with Gasteiger partial charge in [0.05, 0.1) is 17.3 Å². The van der Waals surface area contributed by atoms with Crippen LogP contribution in [0.15, 0.2) is 0 Å². The molecule has 4 unspecified atom stereocenters. The molecular weight excluding hydrogens is 436 g/mol. The van der Waals surface area contributed by atoms with Crippen LogP contribution in [0, 0.1) is 11.8 Å². The lowest BCUT2D eigenvalue weighted by atomic mass is 9.69. The summed E-state index contributed by atoms with van der Waals surface area (Å²) < 4.78 is 23.9. The Morgan fingerprint density at radius 1 is 1.00 bits per heavy atom. The number of piperazine rings is 1. The van der Waals surface area contributed by atoms with Gasteiger partial charge in [0.15, 0.2) is 0 Å². The summed E-state index contributed by atoms with van der Waals surface area (Å²) >= 11 is 1.51. The summed E-state index contributed by atoms with van der Waals surface area (Å²) in [4.78, 5) is 32.9. The third kappa shape index (κ3) is 4.77. The summed E-state index contributed by atoms with van der Waals surface area (Å²) in [6.07, 6.45) is 7.64. The molecule has 8 nitrogen and oxygen atoms in total. The zero-order chi connectivity index (χ0) is 22.3. The number of fused-ring (bicyclic) bond motifs is 1. The van der Waals surface area contributed by atoms with E-state index in [1.807, 2.05) is 16.7 Å². The maximum atomic E-state index is 13.4. The topological polar surface area (TPSA) is 98.8 Å². The standard InChI is InChI=1S/C21H36N4O4S2/c1-13-11-24(21(27)18-12-30-23-22-18)20-10-16(6-9-19(20)25(13)14(2)26)15-4-7-17(8-5-15)31(3,28)29/h13,15-20,22-23H,4-12H2,1-3H3/t13-,15?,16?,17?,18?,19?,20?/m0/s1. The van der Waals surface area contributed by atoms with Gasteiger partial charge in [0.25, 0.3) is 0 Å². The minimum Gasteiger partial charge on any atom is -0.334 e. The third-order valence-electron chi connectivity index (χ3n) is 8.01. The molecule has 4 aliphatic rings. The summed E-state index contributed by atoms with van der Waals surface area (Å²) in [5, 5.41) is -0.194. The fraction of sp³-hybridized carbons (Fsp3) is 0.905. The maximum absolute atomic E-state index is 13.4. The Hall–Kier alpha value is -0.840. The van der Waals surface area contributed by atoms with Crippen LogP contribution in [0.3, 0.4) is 0 Å². The number of hydrazine groups is 1. The molecule has 5 atom stereocenters. The van der Waals surface area contributed by atoms with Crippen LogP contribution in [0.25, 0.3) is 0 Å². The van der Waals surface area contributed by atoms with Crippen molar-refractivity contribution < 1.29 is 18.0 Å². The molecule has 2 aliphatic heterocycles. The molecular formula is C21H36N4O4S2. The van der Waals surface area contributed by atoms with Crippen molar-refractivity contribution >= 4 is 33.6 Å². The van der Waals surface area contributed by atoms with Crippen molar-refractivity contribution in [2.75, 3.05) is 18.6 Å². The van der Waals surface area contributed by atoms with E-state index in [0.717, 1.165) is 44.9 Å². The lowest BCUT2D eigenvalue weighted by Crippen LogP contribution is -2.68. The van der Waals surface area contributed by atoms with E-state index in [0.29, 0.717) is 24.1 Å². The van der Waals surface area contributed by atoms with Gasteiger partial charge < -0.3 is 9.80 Å². The van der Waals surface area contributed by atoms with E-state index in [1.54, 1.807) is 6.92 Å². The summed E-state index contributed by atoms with van der Waals surface area (Å²) in [6, 6.07) is -0.0824. The molecule has 4 fully saturated rings. The Morgan fingerprint density at radius 3 is 2.26 bits per heavy atom. The monoisotopic (exact) mass is 472 g/mol. The second-order valence-electron chi connectivity index (χ2n) is 9.95. The Morgan fingerprint density at radius 2 is 1.68 bits per heavy atom. The maximum Gasteiger partial charge on any atom is 0.242 e. The van der Waals surface area contributed by atoms with E-state index in [9.17, 15) is 18.0 Å². The van der Waals surface area contributed by atoms with Crippen molar-refractivity contribution in [1.82, 2.24) is 20.1 Å². The van der Waals surface area contributed by atoms with Gasteiger partial charge in [0.1, 0.15) is 15.9 Å². The van der Waals surface area contributed by atoms with E-state index in [2.05, 4.69) is 10.3 Å². The number of amides is 2. The molecule has 0 aromatic carbocycles. The van der Waals surface area contributed by atoms with Gasteiger partial charge in [0.2, 0.25) is 11.8 Å². The van der Waals surface area contributed by atoms with Crippen LogP contribution in [0.1, 0.15) is 58.8 Å². The van der Waals surface area contributed by atoms with Crippen LogP contribution in [-0.2, 0) is 19.4 Å². The number of nitrogens with zero attached hydrogens (tertiary/aromatic N) is 2. The molecule has 0 aromatic heterocycles. The molecule has 31 heavy (non-hydrogen) atoms. The number of hydrogen-bond acceptors (Lipinski definition) is 7. The first-order valence-electron chi connectivity index (χ1n) is 11.6. The minimum absolute atomic E-state index is 0.0199. The summed E-state index contributed by atoms with van der Waals surface area (Å²) in [5.41, 5.74) is 3.08. The smallest absolute Gasteiger partial charge is 0.242 e. The zero-order valence-corrected chi connectivity index (χ0v) is 20.4. The van der Waals surface area contributed by atoms with E-state index in [-0.39, 0.29) is 41.2 Å². The predicted molar refractivity (Wildman–Crippen MR) is 122 cm³/mol. The highest BCUT2D eigenvalue weighted by molar-refractivity contribution is 7.97. The number of sulfone groups is 1. The van der Waals surface area contributed by atoms with Crippen molar-refractivity contribution in [2.24, 2.45) is 11.8 Å². The second-order valence-corrected chi connectivity index (χ2v) is 13.1. The van der Waals surface area contributed by atoms with Crippen molar-refractivity contribution in [3.05, 3.63) is 0 Å². The van der Waals surface area contributed by atoms with Gasteiger partial charge >= 0.3 is 0 Å². The SMILES string of the molecule is CC(=O)N1C2CCC(C3CCC(S(C)(=O)=O)CC3)CC2N(C(=O)C2CSNN2)C[C@@H]1C. The Bertz CT molecular complexity index is 793. The molecule has 0 aromatic rings. The first-order valence-corrected chi connectivity index (χ1v) is 14.5. The van der Waals surface area contributed by atoms with Crippen LogP contribution in [0.5, 0.6) is 0 Å². The Balaban J connectivity index is 1.50. The fourth-order valence-electron chi connectivity index (χ4n) is 6.48. The van der Waals surface area contributed by atoms with Crippen LogP contribution in [0.4, 0.5) is 0 Å². The fourth-order valence-corrected chi connectivity index (χ4v) is 8.31. The van der Waals surface area contributed by atoms with Gasteiger partial charge in [-0.05, 0) is 63.7 Å². The molecule has 0 radical (unpaired) electrons. The van der Waals surface area contributed by atoms with Crippen molar-refractivity contribution in [1.29, 1.82) is 0 Å². The molecule has 10 heteroatoms. The van der Waals surface area contributed by atoms with Crippen molar-refractivity contribution in [3.8, 4) is 0 Å². The summed E-state index contributed by atoms with van der Waals surface area (Å²) in [7, 11) is -2.96. The molecule has 2 saturated heterocycles. The van der Waals surface area contributed by atoms with Gasteiger partial charge in [-0.2, -0.15) is 0 Å². The normalized spacial score (nSPS) is 39.3. The summed E-state index contributed by atoms with van der Waals surface area (Å²) in [6.45, 7) is 4.27. The lowest BCUT2D eigenvalue weighted by molar-refractivity contribution is -0.155. The highest BCUT2D eigenvalue weighted by atomic mass is 32.2. The van der Waals surface area contributed by atoms with Gasteiger partial charge in [-0.15, -0.1) is 0 Å². The first-order chi connectivity index (χ1) is 14.7. The Labute approximate surface area is 190 Å². The number of hydrogen-bond donors (Lipinski definition) is 2. The number of rotatable bonds is 3. The lowest BCUT2D eigenvalue weighted by Gasteiger charge is -2.55. The van der Waals surface area contributed by atoms with Crippen LogP contribution >= 0.6 is 11.9 Å². The Kier molecular flexibility index (Phi) is 6.91. The van der Waals surface area contributed by atoms with E-state index >= 15 is 0 Å². The van der Waals surface area contributed by atoms with Crippen LogP contribution < -0.4 is 10.3 Å².